The summed E-state index contributed by atoms with van der Waals surface area (Å²) in [5.41, 5.74) is 2.56. The number of aromatic nitrogens is 2. The summed E-state index contributed by atoms with van der Waals surface area (Å²) in [6.45, 7) is 4.39. The lowest BCUT2D eigenvalue weighted by Crippen LogP contribution is -2.25. The van der Waals surface area contributed by atoms with Crippen molar-refractivity contribution in [1.82, 2.24) is 9.36 Å². The number of nitrogens with one attached hydrogen (secondary N) is 1. The molecule has 0 aliphatic carbocycles. The quantitative estimate of drug-likeness (QED) is 0.707. The molecule has 30 heavy (non-hydrogen) atoms. The number of ether oxygens (including phenoxy) is 2. The fourth-order valence-corrected chi connectivity index (χ4v) is 3.45. The Morgan fingerprint density at radius 3 is 2.70 bits per heavy atom. The average molecular weight is 405 g/mol. The predicted molar refractivity (Wildman–Crippen MR) is 115 cm³/mol. The van der Waals surface area contributed by atoms with Crippen LogP contribution in [0.4, 0.5) is 5.69 Å². The maximum Gasteiger partial charge on any atom is 0.295 e. The summed E-state index contributed by atoms with van der Waals surface area (Å²) in [5, 5.41) is 2.78. The van der Waals surface area contributed by atoms with E-state index in [2.05, 4.69) is 5.32 Å². The van der Waals surface area contributed by atoms with Gasteiger partial charge in [0.05, 0.1) is 23.6 Å². The second kappa shape index (κ2) is 7.94. The molecule has 7 nitrogen and oxygen atoms in total. The number of hydrogen-bond acceptors (Lipinski definition) is 4. The molecule has 0 atom stereocenters. The first kappa shape index (κ1) is 19.6. The Kier molecular flexibility index (Phi) is 5.18. The zero-order valence-corrected chi connectivity index (χ0v) is 17.1. The fourth-order valence-electron chi connectivity index (χ4n) is 3.45. The van der Waals surface area contributed by atoms with Gasteiger partial charge in [0.2, 0.25) is 0 Å². The number of rotatable bonds is 5. The molecule has 0 bridgehead atoms. The van der Waals surface area contributed by atoms with E-state index in [1.807, 2.05) is 55.5 Å². The number of fused-ring (bicyclic) bond motifs is 1. The van der Waals surface area contributed by atoms with E-state index >= 15 is 0 Å². The van der Waals surface area contributed by atoms with Crippen molar-refractivity contribution in [2.45, 2.75) is 13.8 Å². The predicted octanol–water partition coefficient (Wildman–Crippen LogP) is 3.30. The molecule has 0 saturated carbocycles. The van der Waals surface area contributed by atoms with Crippen LogP contribution in [0.1, 0.15) is 18.2 Å². The van der Waals surface area contributed by atoms with E-state index in [-0.39, 0.29) is 23.8 Å². The summed E-state index contributed by atoms with van der Waals surface area (Å²) in [4.78, 5) is 25.9. The van der Waals surface area contributed by atoms with Gasteiger partial charge < -0.3 is 14.8 Å². The maximum absolute atomic E-state index is 13.0. The first-order valence-electron chi connectivity index (χ1n) is 9.75. The maximum atomic E-state index is 13.0. The highest BCUT2D eigenvalue weighted by Gasteiger charge is 2.22. The Labute approximate surface area is 174 Å². The molecule has 1 aliphatic rings. The SMILES string of the molecule is CCOc1ccc2c(c1)C=C(C(=O)Nc1c(C)n(C)n(-c3ccccc3)c1=O)CO2. The van der Waals surface area contributed by atoms with Gasteiger partial charge in [-0.1, -0.05) is 18.2 Å². The van der Waals surface area contributed by atoms with Crippen LogP contribution in [-0.2, 0) is 11.8 Å². The third-order valence-electron chi connectivity index (χ3n) is 5.09. The highest BCUT2D eigenvalue weighted by atomic mass is 16.5. The van der Waals surface area contributed by atoms with Crippen molar-refractivity contribution in [2.75, 3.05) is 18.5 Å². The standard InChI is InChI=1S/C23H23N3O4/c1-4-29-19-10-11-20-16(13-19)12-17(14-30-20)22(27)24-21-15(2)25(3)26(23(21)28)18-8-6-5-7-9-18/h5-13H,4,14H2,1-3H3,(H,24,27). The molecule has 1 N–H and O–H groups in total. The zero-order valence-electron chi connectivity index (χ0n) is 17.1. The van der Waals surface area contributed by atoms with E-state index < -0.39 is 0 Å². The average Bonchev–Trinajstić information content (AvgIpc) is 2.97. The molecule has 154 valence electrons. The van der Waals surface area contributed by atoms with Crippen molar-refractivity contribution < 1.29 is 14.3 Å². The molecular formula is C23H23N3O4. The minimum absolute atomic E-state index is 0.131. The topological polar surface area (TPSA) is 74.5 Å². The van der Waals surface area contributed by atoms with Crippen LogP contribution in [-0.4, -0.2) is 28.5 Å². The van der Waals surface area contributed by atoms with Crippen LogP contribution in [0.2, 0.25) is 0 Å². The van der Waals surface area contributed by atoms with Crippen LogP contribution in [0, 0.1) is 6.92 Å². The molecule has 2 aromatic carbocycles. The molecule has 4 rings (SSSR count). The van der Waals surface area contributed by atoms with E-state index in [9.17, 15) is 9.59 Å². The lowest BCUT2D eigenvalue weighted by Gasteiger charge is -2.18. The van der Waals surface area contributed by atoms with Gasteiger partial charge in [-0.05, 0) is 50.3 Å². The number of anilines is 1. The smallest absolute Gasteiger partial charge is 0.295 e. The van der Waals surface area contributed by atoms with Crippen molar-refractivity contribution in [3.05, 3.63) is 75.7 Å². The van der Waals surface area contributed by atoms with Crippen LogP contribution in [0.15, 0.2) is 58.9 Å². The molecular weight excluding hydrogens is 382 g/mol. The Balaban J connectivity index is 1.64. The lowest BCUT2D eigenvalue weighted by atomic mass is 10.1. The number of hydrogen-bond donors (Lipinski definition) is 1. The van der Waals surface area contributed by atoms with Crippen molar-refractivity contribution in [3.8, 4) is 17.2 Å². The summed E-state index contributed by atoms with van der Waals surface area (Å²) >= 11 is 0. The third-order valence-corrected chi connectivity index (χ3v) is 5.09. The second-order valence-corrected chi connectivity index (χ2v) is 6.98. The van der Waals surface area contributed by atoms with Gasteiger partial charge >= 0.3 is 0 Å². The summed E-state index contributed by atoms with van der Waals surface area (Å²) < 4.78 is 14.5. The number of nitrogens with zero attached hydrogens (tertiary/aromatic N) is 2. The molecule has 0 saturated heterocycles. The Hall–Kier alpha value is -3.74. The molecule has 0 unspecified atom stereocenters. The van der Waals surface area contributed by atoms with Gasteiger partial charge in [-0.15, -0.1) is 0 Å². The van der Waals surface area contributed by atoms with Gasteiger partial charge in [0.15, 0.2) is 0 Å². The van der Waals surface area contributed by atoms with Crippen molar-refractivity contribution >= 4 is 17.7 Å². The minimum atomic E-state index is -0.367. The van der Waals surface area contributed by atoms with E-state index in [1.54, 1.807) is 24.7 Å². The van der Waals surface area contributed by atoms with Crippen LogP contribution >= 0.6 is 0 Å². The fraction of sp³-hybridized carbons (Fsp3) is 0.217. The normalized spacial score (nSPS) is 12.6. The number of benzene rings is 2. The number of amides is 1. The van der Waals surface area contributed by atoms with Crippen molar-refractivity contribution in [1.29, 1.82) is 0 Å². The molecule has 2 heterocycles. The van der Waals surface area contributed by atoms with Gasteiger partial charge in [0.25, 0.3) is 11.5 Å². The molecule has 1 amide bonds. The summed E-state index contributed by atoms with van der Waals surface area (Å²) in [6.07, 6.45) is 1.77. The third kappa shape index (κ3) is 3.50. The highest BCUT2D eigenvalue weighted by molar-refractivity contribution is 6.07. The molecule has 0 radical (unpaired) electrons. The van der Waals surface area contributed by atoms with Crippen LogP contribution in [0.3, 0.4) is 0 Å². The number of carbonyl (C=O) groups excluding carboxylic acids is 1. The van der Waals surface area contributed by atoms with Gasteiger partial charge in [-0.3, -0.25) is 14.3 Å². The highest BCUT2D eigenvalue weighted by Crippen LogP contribution is 2.30. The van der Waals surface area contributed by atoms with E-state index in [4.69, 9.17) is 9.47 Å². The largest absolute Gasteiger partial charge is 0.494 e. The molecule has 1 aliphatic heterocycles. The van der Waals surface area contributed by atoms with Crippen molar-refractivity contribution in [3.63, 3.8) is 0 Å². The van der Waals surface area contributed by atoms with Crippen LogP contribution in [0.25, 0.3) is 11.8 Å². The molecule has 0 fully saturated rings. The van der Waals surface area contributed by atoms with Crippen LogP contribution in [0.5, 0.6) is 11.5 Å². The molecule has 7 heteroatoms. The monoisotopic (exact) mass is 405 g/mol. The summed E-state index contributed by atoms with van der Waals surface area (Å²) in [6, 6.07) is 14.8. The Morgan fingerprint density at radius 1 is 1.20 bits per heavy atom. The van der Waals surface area contributed by atoms with Gasteiger partial charge in [0, 0.05) is 12.6 Å². The zero-order chi connectivity index (χ0) is 21.3. The Bertz CT molecular complexity index is 1190. The molecule has 1 aromatic heterocycles. The second-order valence-electron chi connectivity index (χ2n) is 6.98. The summed E-state index contributed by atoms with van der Waals surface area (Å²) in [5.74, 6) is 1.04. The number of carbonyl (C=O) groups is 1. The van der Waals surface area contributed by atoms with Gasteiger partial charge in [0.1, 0.15) is 23.8 Å². The number of para-hydroxylation sites is 1. The van der Waals surface area contributed by atoms with E-state index in [0.717, 1.165) is 11.3 Å². The van der Waals surface area contributed by atoms with Crippen LogP contribution < -0.4 is 20.3 Å². The van der Waals surface area contributed by atoms with Gasteiger partial charge in [-0.25, -0.2) is 4.68 Å². The first-order valence-corrected chi connectivity index (χ1v) is 9.75. The minimum Gasteiger partial charge on any atom is -0.494 e. The molecule has 3 aromatic rings. The molecule has 0 spiro atoms. The summed E-state index contributed by atoms with van der Waals surface area (Å²) in [7, 11) is 1.79. The van der Waals surface area contributed by atoms with E-state index in [0.29, 0.717) is 29.4 Å². The lowest BCUT2D eigenvalue weighted by molar-refractivity contribution is -0.113. The van der Waals surface area contributed by atoms with E-state index in [1.165, 1.54) is 4.68 Å². The first-order chi connectivity index (χ1) is 14.5. The van der Waals surface area contributed by atoms with Crippen molar-refractivity contribution in [2.24, 2.45) is 7.05 Å². The Morgan fingerprint density at radius 2 is 1.97 bits per heavy atom. The van der Waals surface area contributed by atoms with Gasteiger partial charge in [-0.2, -0.15) is 0 Å².